The van der Waals surface area contributed by atoms with Crippen molar-refractivity contribution in [1.29, 1.82) is 0 Å². The van der Waals surface area contributed by atoms with Crippen LogP contribution in [-0.2, 0) is 0 Å². The minimum atomic E-state index is -0.944. The van der Waals surface area contributed by atoms with Crippen LogP contribution in [-0.4, -0.2) is 31.8 Å². The summed E-state index contributed by atoms with van der Waals surface area (Å²) in [5, 5.41) is 32.9. The first-order valence-electron chi connectivity index (χ1n) is 8.14. The summed E-state index contributed by atoms with van der Waals surface area (Å²) in [5.74, 6) is -1.67. The molecule has 0 aliphatic rings. The number of pyridine rings is 1. The number of halogens is 2. The minimum Gasteiger partial charge on any atom is -0.394 e. The first kappa shape index (κ1) is 19.2. The lowest BCUT2D eigenvalue weighted by Gasteiger charge is -2.18. The van der Waals surface area contributed by atoms with Gasteiger partial charge >= 0.3 is 5.69 Å². The molecule has 11 heteroatoms. The molecule has 3 aromatic rings. The van der Waals surface area contributed by atoms with E-state index in [2.05, 4.69) is 25.8 Å². The number of H-pyrrole nitrogens is 1. The molecule has 1 aromatic carbocycles. The van der Waals surface area contributed by atoms with Gasteiger partial charge in [-0.15, -0.1) is 0 Å². The van der Waals surface area contributed by atoms with Crippen molar-refractivity contribution < 1.29 is 18.8 Å². The summed E-state index contributed by atoms with van der Waals surface area (Å²) in [6.07, 6.45) is 0. The van der Waals surface area contributed by atoms with Crippen LogP contribution in [0.25, 0.3) is 0 Å². The van der Waals surface area contributed by atoms with Crippen LogP contribution >= 0.6 is 0 Å². The van der Waals surface area contributed by atoms with Crippen molar-refractivity contribution in [2.24, 2.45) is 0 Å². The molecule has 0 aliphatic heterocycles. The molecule has 0 fully saturated rings. The molecule has 0 aliphatic carbocycles. The van der Waals surface area contributed by atoms with Crippen molar-refractivity contribution >= 4 is 23.1 Å². The van der Waals surface area contributed by atoms with Gasteiger partial charge in [-0.2, -0.15) is 5.10 Å². The molecule has 2 aromatic heterocycles. The Balaban J connectivity index is 1.95. The molecule has 0 saturated heterocycles. The SMILES string of the molecule is Cc1cc(Nc2nc(N[C@@H](CO)c3ccc(F)cc3)c([N+](=O)[O-])cc2F)n[nH]1. The molecule has 28 heavy (non-hydrogen) atoms. The molecule has 0 saturated carbocycles. The van der Waals surface area contributed by atoms with Crippen LogP contribution in [0.5, 0.6) is 0 Å². The number of aromatic amines is 1. The van der Waals surface area contributed by atoms with E-state index in [1.807, 2.05) is 0 Å². The Bertz CT molecular complexity index is 993. The number of anilines is 3. The maximum atomic E-state index is 14.3. The number of benzene rings is 1. The van der Waals surface area contributed by atoms with E-state index < -0.39 is 34.9 Å². The standard InChI is InChI=1S/C17H16F2N6O3/c1-9-6-15(24-23-9)21-16-12(19)7-14(25(27)28)17(22-16)20-13(8-26)10-2-4-11(18)5-3-10/h2-7,13,26H,8H2,1H3,(H3,20,21,22,23,24)/t13-/m0/s1. The van der Waals surface area contributed by atoms with Crippen molar-refractivity contribution in [2.45, 2.75) is 13.0 Å². The molecular weight excluding hydrogens is 374 g/mol. The van der Waals surface area contributed by atoms with E-state index in [9.17, 15) is 24.0 Å². The van der Waals surface area contributed by atoms with Gasteiger partial charge in [0.15, 0.2) is 17.5 Å². The zero-order valence-electron chi connectivity index (χ0n) is 14.6. The molecule has 0 bridgehead atoms. The van der Waals surface area contributed by atoms with Crippen molar-refractivity contribution in [3.8, 4) is 0 Å². The molecule has 2 heterocycles. The van der Waals surface area contributed by atoms with E-state index in [-0.39, 0.29) is 17.5 Å². The summed E-state index contributed by atoms with van der Waals surface area (Å²) >= 11 is 0. The second-order valence-corrected chi connectivity index (χ2v) is 5.94. The highest BCUT2D eigenvalue weighted by atomic mass is 19.1. The summed E-state index contributed by atoms with van der Waals surface area (Å²) in [6, 6.07) is 6.73. The molecule has 0 radical (unpaired) electrons. The van der Waals surface area contributed by atoms with Crippen molar-refractivity contribution in [1.82, 2.24) is 15.2 Å². The lowest BCUT2D eigenvalue weighted by Crippen LogP contribution is -2.17. The first-order chi connectivity index (χ1) is 13.4. The second-order valence-electron chi connectivity index (χ2n) is 5.94. The van der Waals surface area contributed by atoms with Gasteiger partial charge in [0.2, 0.25) is 5.82 Å². The third-order valence-electron chi connectivity index (χ3n) is 3.87. The normalized spacial score (nSPS) is 11.9. The zero-order chi connectivity index (χ0) is 20.3. The van der Waals surface area contributed by atoms with Crippen LogP contribution in [0.4, 0.5) is 31.9 Å². The lowest BCUT2D eigenvalue weighted by molar-refractivity contribution is -0.384. The van der Waals surface area contributed by atoms with Crippen LogP contribution in [0.1, 0.15) is 17.3 Å². The molecule has 3 rings (SSSR count). The van der Waals surface area contributed by atoms with Crippen molar-refractivity contribution in [2.75, 3.05) is 17.2 Å². The quantitative estimate of drug-likeness (QED) is 0.360. The van der Waals surface area contributed by atoms with Crippen LogP contribution in [0.15, 0.2) is 36.4 Å². The van der Waals surface area contributed by atoms with E-state index in [1.54, 1.807) is 13.0 Å². The van der Waals surface area contributed by atoms with Gasteiger partial charge in [-0.25, -0.2) is 13.8 Å². The number of nitrogens with zero attached hydrogens (tertiary/aromatic N) is 3. The monoisotopic (exact) mass is 390 g/mol. The van der Waals surface area contributed by atoms with Gasteiger partial charge < -0.3 is 15.7 Å². The Morgan fingerprint density at radius 1 is 1.25 bits per heavy atom. The minimum absolute atomic E-state index is 0.260. The number of nitro groups is 1. The molecule has 9 nitrogen and oxygen atoms in total. The number of hydrogen-bond donors (Lipinski definition) is 4. The zero-order valence-corrected chi connectivity index (χ0v) is 14.6. The number of hydrogen-bond acceptors (Lipinski definition) is 7. The van der Waals surface area contributed by atoms with Gasteiger partial charge in [0.1, 0.15) is 5.82 Å². The Morgan fingerprint density at radius 2 is 1.96 bits per heavy atom. The molecular formula is C17H16F2N6O3. The highest BCUT2D eigenvalue weighted by Gasteiger charge is 2.23. The van der Waals surface area contributed by atoms with Crippen LogP contribution < -0.4 is 10.6 Å². The van der Waals surface area contributed by atoms with Gasteiger partial charge in [-0.1, -0.05) is 12.1 Å². The number of aryl methyl sites for hydroxylation is 1. The molecule has 1 atom stereocenters. The highest BCUT2D eigenvalue weighted by molar-refractivity contribution is 5.64. The van der Waals surface area contributed by atoms with Crippen molar-refractivity contribution in [3.63, 3.8) is 0 Å². The molecule has 0 amide bonds. The number of nitrogens with one attached hydrogen (secondary N) is 3. The molecule has 4 N–H and O–H groups in total. The summed E-state index contributed by atoms with van der Waals surface area (Å²) in [5.41, 5.74) is 0.586. The Hall–Kier alpha value is -3.60. The van der Waals surface area contributed by atoms with E-state index >= 15 is 0 Å². The third kappa shape index (κ3) is 4.20. The van der Waals surface area contributed by atoms with Gasteiger partial charge in [0, 0.05) is 11.8 Å². The van der Waals surface area contributed by atoms with Crippen LogP contribution in [0, 0.1) is 28.7 Å². The molecule has 146 valence electrons. The summed E-state index contributed by atoms with van der Waals surface area (Å²) in [4.78, 5) is 14.5. The summed E-state index contributed by atoms with van der Waals surface area (Å²) in [7, 11) is 0. The lowest BCUT2D eigenvalue weighted by atomic mass is 10.1. The third-order valence-corrected chi connectivity index (χ3v) is 3.87. The van der Waals surface area contributed by atoms with E-state index in [0.29, 0.717) is 5.56 Å². The summed E-state index contributed by atoms with van der Waals surface area (Å²) < 4.78 is 27.4. The Labute approximate surface area is 157 Å². The second kappa shape index (κ2) is 7.96. The topological polar surface area (TPSA) is 129 Å². The fraction of sp³-hybridized carbons (Fsp3) is 0.176. The largest absolute Gasteiger partial charge is 0.394 e. The summed E-state index contributed by atoms with van der Waals surface area (Å²) in [6.45, 7) is 1.29. The van der Waals surface area contributed by atoms with Crippen molar-refractivity contribution in [3.05, 3.63) is 69.4 Å². The van der Waals surface area contributed by atoms with E-state index in [0.717, 1.165) is 11.8 Å². The molecule has 0 unspecified atom stereocenters. The number of aromatic nitrogens is 3. The maximum Gasteiger partial charge on any atom is 0.314 e. The van der Waals surface area contributed by atoms with Gasteiger partial charge in [-0.05, 0) is 24.6 Å². The Morgan fingerprint density at radius 3 is 2.54 bits per heavy atom. The predicted octanol–water partition coefficient (Wildman–Crippen LogP) is 3.19. The van der Waals surface area contributed by atoms with Gasteiger partial charge in [0.05, 0.1) is 23.6 Å². The average Bonchev–Trinajstić information content (AvgIpc) is 3.07. The van der Waals surface area contributed by atoms with Crippen LogP contribution in [0.3, 0.4) is 0 Å². The van der Waals surface area contributed by atoms with Gasteiger partial charge in [-0.3, -0.25) is 15.2 Å². The molecule has 0 spiro atoms. The predicted molar refractivity (Wildman–Crippen MR) is 97.3 cm³/mol. The van der Waals surface area contributed by atoms with E-state index in [4.69, 9.17) is 0 Å². The Kier molecular flexibility index (Phi) is 5.45. The number of rotatable bonds is 7. The first-order valence-corrected chi connectivity index (χ1v) is 8.14. The van der Waals surface area contributed by atoms with Gasteiger partial charge in [0.25, 0.3) is 0 Å². The number of aliphatic hydroxyl groups is 1. The highest BCUT2D eigenvalue weighted by Crippen LogP contribution is 2.31. The fourth-order valence-electron chi connectivity index (χ4n) is 2.51. The smallest absolute Gasteiger partial charge is 0.314 e. The number of aliphatic hydroxyl groups excluding tert-OH is 1. The maximum absolute atomic E-state index is 14.3. The van der Waals surface area contributed by atoms with Crippen LogP contribution in [0.2, 0.25) is 0 Å². The average molecular weight is 390 g/mol. The van der Waals surface area contributed by atoms with E-state index in [1.165, 1.54) is 24.3 Å². The fourth-order valence-corrected chi connectivity index (χ4v) is 2.51.